The molecule has 1 aliphatic rings. The van der Waals surface area contributed by atoms with E-state index in [1.54, 1.807) is 19.1 Å². The number of carbonyl (C=O) groups is 1. The van der Waals surface area contributed by atoms with Gasteiger partial charge in [-0.3, -0.25) is 9.52 Å². The molecule has 0 saturated heterocycles. The summed E-state index contributed by atoms with van der Waals surface area (Å²) in [6, 6.07) is 8.27. The highest BCUT2D eigenvalue weighted by molar-refractivity contribution is 7.92. The lowest BCUT2D eigenvalue weighted by molar-refractivity contribution is -0.274. The molecule has 2 aromatic carbocycles. The minimum absolute atomic E-state index is 0.0698. The van der Waals surface area contributed by atoms with Gasteiger partial charge in [0.2, 0.25) is 5.91 Å². The summed E-state index contributed by atoms with van der Waals surface area (Å²) in [4.78, 5) is 12.3. The number of anilines is 2. The zero-order chi connectivity index (χ0) is 24.9. The highest BCUT2D eigenvalue weighted by Crippen LogP contribution is 2.31. The van der Waals surface area contributed by atoms with Crippen LogP contribution in [0.25, 0.3) is 0 Å². The van der Waals surface area contributed by atoms with Crippen molar-refractivity contribution in [3.63, 3.8) is 0 Å². The Morgan fingerprint density at radius 1 is 1.12 bits per heavy atom. The van der Waals surface area contributed by atoms with Crippen molar-refractivity contribution < 1.29 is 41.0 Å². The number of carbonyl (C=O) groups excluding carboxylic acids is 1. The van der Waals surface area contributed by atoms with Crippen LogP contribution in [0.15, 0.2) is 59.5 Å². The Balaban J connectivity index is 1.82. The van der Waals surface area contributed by atoms with Crippen molar-refractivity contribution in [3.05, 3.63) is 54.6 Å². The number of sulfonamides is 1. The number of nitrogens with one attached hydrogen (secondary N) is 2. The number of rotatable bonds is 8. The van der Waals surface area contributed by atoms with E-state index in [1.165, 1.54) is 30.3 Å². The van der Waals surface area contributed by atoms with Gasteiger partial charge in [0.05, 0.1) is 24.3 Å². The predicted molar refractivity (Wildman–Crippen MR) is 118 cm³/mol. The standard InChI is InChI=1S/C22H23F3N2O6S/c1-2-32-19-13-14(26-21(29)17-8-3-4-9-18(17)28)10-11-20(19)34(30,31)27-15-6-5-7-16(12-15)33-22(23,24)25/h3-7,10-13,17-18,27-28H,2,8-9H2,1H3,(H,26,29)/t17-,18-/m1/s1. The summed E-state index contributed by atoms with van der Waals surface area (Å²) >= 11 is 0. The third-order valence-corrected chi connectivity index (χ3v) is 6.28. The first-order valence-electron chi connectivity index (χ1n) is 10.3. The van der Waals surface area contributed by atoms with Crippen LogP contribution in [0.5, 0.6) is 11.5 Å². The molecule has 0 fully saturated rings. The Morgan fingerprint density at radius 2 is 1.85 bits per heavy atom. The molecule has 0 radical (unpaired) electrons. The molecular formula is C22H23F3N2O6S. The molecule has 0 aliphatic heterocycles. The van der Waals surface area contributed by atoms with Gasteiger partial charge in [-0.1, -0.05) is 18.2 Å². The van der Waals surface area contributed by atoms with Crippen molar-refractivity contribution in [2.75, 3.05) is 16.6 Å². The van der Waals surface area contributed by atoms with E-state index in [0.717, 1.165) is 12.1 Å². The van der Waals surface area contributed by atoms with Gasteiger partial charge in [-0.2, -0.15) is 0 Å². The quantitative estimate of drug-likeness (QED) is 0.472. The molecular weight excluding hydrogens is 477 g/mol. The second kappa shape index (κ2) is 10.3. The van der Waals surface area contributed by atoms with Crippen molar-refractivity contribution >= 4 is 27.3 Å². The van der Waals surface area contributed by atoms with E-state index in [2.05, 4.69) is 14.8 Å². The molecule has 2 aromatic rings. The molecule has 1 aliphatic carbocycles. The van der Waals surface area contributed by atoms with E-state index in [1.807, 2.05) is 0 Å². The Bertz CT molecular complexity index is 1170. The molecule has 34 heavy (non-hydrogen) atoms. The van der Waals surface area contributed by atoms with Gasteiger partial charge in [0.15, 0.2) is 0 Å². The molecule has 12 heteroatoms. The topological polar surface area (TPSA) is 114 Å². The number of halogens is 3. The third-order valence-electron chi connectivity index (χ3n) is 4.86. The first kappa shape index (κ1) is 25.4. The van der Waals surface area contributed by atoms with Crippen molar-refractivity contribution in [2.45, 2.75) is 37.1 Å². The van der Waals surface area contributed by atoms with Gasteiger partial charge < -0.3 is 19.9 Å². The fraction of sp³-hybridized carbons (Fsp3) is 0.318. The maximum Gasteiger partial charge on any atom is 0.573 e. The van der Waals surface area contributed by atoms with Crippen molar-refractivity contribution in [2.24, 2.45) is 5.92 Å². The maximum absolute atomic E-state index is 12.9. The van der Waals surface area contributed by atoms with Gasteiger partial charge in [-0.15, -0.1) is 13.2 Å². The van der Waals surface area contributed by atoms with Crippen LogP contribution in [0, 0.1) is 5.92 Å². The average molecular weight is 500 g/mol. The molecule has 0 bridgehead atoms. The van der Waals surface area contributed by atoms with Crippen LogP contribution < -0.4 is 19.5 Å². The summed E-state index contributed by atoms with van der Waals surface area (Å²) in [7, 11) is -4.27. The van der Waals surface area contributed by atoms with Gasteiger partial charge in [-0.25, -0.2) is 8.42 Å². The summed E-state index contributed by atoms with van der Waals surface area (Å²) in [5, 5.41) is 12.7. The largest absolute Gasteiger partial charge is 0.573 e. The normalized spacial score (nSPS) is 18.3. The van der Waals surface area contributed by atoms with Gasteiger partial charge in [-0.05, 0) is 44.0 Å². The van der Waals surface area contributed by atoms with Gasteiger partial charge in [0.1, 0.15) is 16.4 Å². The van der Waals surface area contributed by atoms with Gasteiger partial charge >= 0.3 is 6.36 Å². The van der Waals surface area contributed by atoms with E-state index in [9.17, 15) is 31.5 Å². The molecule has 0 heterocycles. The monoisotopic (exact) mass is 500 g/mol. The number of hydrogen-bond donors (Lipinski definition) is 3. The van der Waals surface area contributed by atoms with Crippen molar-refractivity contribution in [1.82, 2.24) is 0 Å². The summed E-state index contributed by atoms with van der Waals surface area (Å²) in [5.41, 5.74) is 0.107. The summed E-state index contributed by atoms with van der Waals surface area (Å²) in [5.74, 6) is -1.72. The van der Waals surface area contributed by atoms with E-state index in [4.69, 9.17) is 4.74 Å². The number of benzene rings is 2. The van der Waals surface area contributed by atoms with Crippen LogP contribution in [0.4, 0.5) is 24.5 Å². The summed E-state index contributed by atoms with van der Waals surface area (Å²) in [6.07, 6.45) is -1.42. The summed E-state index contributed by atoms with van der Waals surface area (Å²) in [6.45, 7) is 1.75. The first-order valence-corrected chi connectivity index (χ1v) is 11.8. The van der Waals surface area contributed by atoms with Gasteiger partial charge in [0, 0.05) is 17.8 Å². The van der Waals surface area contributed by atoms with Crippen LogP contribution in [-0.2, 0) is 14.8 Å². The SMILES string of the molecule is CCOc1cc(NC(=O)[C@@H]2CC=CC[C@H]2O)ccc1S(=O)(=O)Nc1cccc(OC(F)(F)F)c1. The molecule has 0 aromatic heterocycles. The van der Waals surface area contributed by atoms with Crippen LogP contribution in [0.1, 0.15) is 19.8 Å². The second-order valence-electron chi connectivity index (χ2n) is 7.38. The van der Waals surface area contributed by atoms with Crippen LogP contribution >= 0.6 is 0 Å². The molecule has 3 N–H and O–H groups in total. The maximum atomic E-state index is 12.9. The third kappa shape index (κ3) is 6.64. The van der Waals surface area contributed by atoms with Gasteiger partial charge in [0.25, 0.3) is 10.0 Å². The predicted octanol–water partition coefficient (Wildman–Crippen LogP) is 4.05. The molecule has 0 unspecified atom stereocenters. The van der Waals surface area contributed by atoms with Crippen molar-refractivity contribution in [1.29, 1.82) is 0 Å². The molecule has 8 nitrogen and oxygen atoms in total. The molecule has 0 saturated carbocycles. The fourth-order valence-electron chi connectivity index (χ4n) is 3.36. The lowest BCUT2D eigenvalue weighted by Crippen LogP contribution is -2.33. The Labute approximate surface area is 194 Å². The fourth-order valence-corrected chi connectivity index (χ4v) is 4.54. The zero-order valence-corrected chi connectivity index (χ0v) is 18.8. The zero-order valence-electron chi connectivity index (χ0n) is 18.0. The Kier molecular flexibility index (Phi) is 7.72. The number of allylic oxidation sites excluding steroid dienone is 1. The number of aliphatic hydroxyl groups is 1. The summed E-state index contributed by atoms with van der Waals surface area (Å²) < 4.78 is 74.7. The van der Waals surface area contributed by atoms with Crippen LogP contribution in [-0.4, -0.2) is 38.5 Å². The van der Waals surface area contributed by atoms with E-state index >= 15 is 0 Å². The first-order chi connectivity index (χ1) is 16.0. The minimum Gasteiger partial charge on any atom is -0.492 e. The van der Waals surface area contributed by atoms with E-state index in [0.29, 0.717) is 12.8 Å². The molecule has 1 amide bonds. The van der Waals surface area contributed by atoms with E-state index in [-0.39, 0.29) is 28.6 Å². The Hall–Kier alpha value is -3.25. The smallest absolute Gasteiger partial charge is 0.492 e. The lowest BCUT2D eigenvalue weighted by atomic mass is 9.90. The number of amides is 1. The van der Waals surface area contributed by atoms with E-state index < -0.39 is 40.1 Å². The number of alkyl halides is 3. The van der Waals surface area contributed by atoms with Crippen LogP contribution in [0.3, 0.4) is 0 Å². The molecule has 3 rings (SSSR count). The number of aliphatic hydroxyl groups excluding tert-OH is 1. The van der Waals surface area contributed by atoms with Crippen molar-refractivity contribution in [3.8, 4) is 11.5 Å². The highest BCUT2D eigenvalue weighted by atomic mass is 32.2. The number of hydrogen-bond acceptors (Lipinski definition) is 6. The highest BCUT2D eigenvalue weighted by Gasteiger charge is 2.31. The lowest BCUT2D eigenvalue weighted by Gasteiger charge is -2.23. The number of ether oxygens (including phenoxy) is 2. The molecule has 0 spiro atoms. The minimum atomic E-state index is -4.93. The molecule has 2 atom stereocenters. The molecule has 184 valence electrons. The Morgan fingerprint density at radius 3 is 2.53 bits per heavy atom. The average Bonchev–Trinajstić information content (AvgIpc) is 2.73. The van der Waals surface area contributed by atoms with Crippen LogP contribution in [0.2, 0.25) is 0 Å². The second-order valence-corrected chi connectivity index (χ2v) is 9.03.